The van der Waals surface area contributed by atoms with E-state index in [1.54, 1.807) is 18.9 Å². The maximum absolute atomic E-state index is 5.46. The topological polar surface area (TPSA) is 78.9 Å². The fraction of sp³-hybridized carbons (Fsp3) is 0.273. The third-order valence-electron chi connectivity index (χ3n) is 4.58. The molecule has 0 fully saturated rings. The maximum Gasteiger partial charge on any atom is 0.239 e. The van der Waals surface area contributed by atoms with E-state index in [2.05, 4.69) is 27.3 Å². The number of hydrogen-bond donors (Lipinski definition) is 0. The van der Waals surface area contributed by atoms with Crippen molar-refractivity contribution in [2.45, 2.75) is 37.1 Å². The largest absolute Gasteiger partial charge is 0.497 e. The van der Waals surface area contributed by atoms with Gasteiger partial charge in [-0.05, 0) is 49.7 Å². The number of rotatable bonds is 8. The molecule has 0 saturated heterocycles. The minimum Gasteiger partial charge on any atom is -0.497 e. The van der Waals surface area contributed by atoms with Crippen molar-refractivity contribution in [3.63, 3.8) is 0 Å². The van der Waals surface area contributed by atoms with E-state index < -0.39 is 0 Å². The highest BCUT2D eigenvalue weighted by molar-refractivity contribution is 7.99. The molecule has 8 heteroatoms. The number of aryl methyl sites for hydroxylation is 1. The highest BCUT2D eigenvalue weighted by Gasteiger charge is 2.22. The Morgan fingerprint density at radius 3 is 2.53 bits per heavy atom. The molecule has 4 rings (SSSR count). The first kappa shape index (κ1) is 20.2. The zero-order chi connectivity index (χ0) is 20.9. The van der Waals surface area contributed by atoms with E-state index in [0.717, 1.165) is 46.6 Å². The van der Waals surface area contributed by atoms with Gasteiger partial charge in [0.15, 0.2) is 16.8 Å². The molecule has 0 bridgehead atoms. The molecule has 0 spiro atoms. The van der Waals surface area contributed by atoms with Crippen molar-refractivity contribution in [3.8, 4) is 22.8 Å². The smallest absolute Gasteiger partial charge is 0.239 e. The van der Waals surface area contributed by atoms with Crippen LogP contribution in [0, 0.1) is 0 Å². The Balaban J connectivity index is 1.69. The SMILES string of the molecule is CCCc1noc([C@H](C)Sc2nnc(-c3ccc(OC)cc3)n2-c2ccccc2)n1. The Hall–Kier alpha value is -3.13. The number of benzene rings is 2. The molecule has 0 aliphatic carbocycles. The molecule has 0 N–H and O–H groups in total. The van der Waals surface area contributed by atoms with Crippen molar-refractivity contribution in [2.24, 2.45) is 0 Å². The van der Waals surface area contributed by atoms with Crippen LogP contribution in [-0.4, -0.2) is 32.0 Å². The Morgan fingerprint density at radius 2 is 1.83 bits per heavy atom. The van der Waals surface area contributed by atoms with E-state index in [1.807, 2.05) is 66.1 Å². The standard InChI is InChI=1S/C22H23N5O2S/c1-4-8-19-23-21(29-26-19)15(2)30-22-25-24-20(16-11-13-18(28-3)14-12-16)27(22)17-9-6-5-7-10-17/h5-7,9-15H,4,8H2,1-3H3/t15-/m0/s1. The minimum atomic E-state index is -0.0570. The first-order chi connectivity index (χ1) is 14.7. The summed E-state index contributed by atoms with van der Waals surface area (Å²) in [4.78, 5) is 4.51. The van der Waals surface area contributed by atoms with E-state index >= 15 is 0 Å². The highest BCUT2D eigenvalue weighted by atomic mass is 32.2. The molecule has 1 atom stereocenters. The van der Waals surface area contributed by atoms with Crippen LogP contribution in [0.1, 0.15) is 37.2 Å². The van der Waals surface area contributed by atoms with Crippen LogP contribution >= 0.6 is 11.8 Å². The van der Waals surface area contributed by atoms with Crippen LogP contribution in [0.4, 0.5) is 0 Å². The van der Waals surface area contributed by atoms with Crippen LogP contribution in [0.15, 0.2) is 64.3 Å². The molecule has 0 aliphatic heterocycles. The van der Waals surface area contributed by atoms with Gasteiger partial charge >= 0.3 is 0 Å². The molecule has 2 aromatic carbocycles. The monoisotopic (exact) mass is 421 g/mol. The van der Waals surface area contributed by atoms with Gasteiger partial charge in [0.05, 0.1) is 12.4 Å². The number of methoxy groups -OCH3 is 1. The predicted molar refractivity (Wildman–Crippen MR) is 116 cm³/mol. The summed E-state index contributed by atoms with van der Waals surface area (Å²) in [7, 11) is 1.65. The van der Waals surface area contributed by atoms with Crippen molar-refractivity contribution in [1.82, 2.24) is 24.9 Å². The van der Waals surface area contributed by atoms with Gasteiger partial charge in [0.25, 0.3) is 0 Å². The van der Waals surface area contributed by atoms with Crippen molar-refractivity contribution in [1.29, 1.82) is 0 Å². The predicted octanol–water partition coefficient (Wildman–Crippen LogP) is 5.13. The van der Waals surface area contributed by atoms with E-state index in [9.17, 15) is 0 Å². The molecule has 0 amide bonds. The molecule has 0 radical (unpaired) electrons. The number of aromatic nitrogens is 5. The van der Waals surface area contributed by atoms with Gasteiger partial charge in [0, 0.05) is 17.7 Å². The lowest BCUT2D eigenvalue weighted by Crippen LogP contribution is -2.01. The zero-order valence-corrected chi connectivity index (χ0v) is 18.0. The van der Waals surface area contributed by atoms with Crippen LogP contribution in [0.5, 0.6) is 5.75 Å². The molecular formula is C22H23N5O2S. The van der Waals surface area contributed by atoms with Crippen molar-refractivity contribution in [3.05, 3.63) is 66.3 Å². The van der Waals surface area contributed by atoms with Crippen LogP contribution in [0.3, 0.4) is 0 Å². The Bertz CT molecular complexity index is 1090. The summed E-state index contributed by atoms with van der Waals surface area (Å²) in [5.74, 6) is 2.89. The van der Waals surface area contributed by atoms with Gasteiger partial charge < -0.3 is 9.26 Å². The number of nitrogens with zero attached hydrogens (tertiary/aromatic N) is 5. The third kappa shape index (κ3) is 4.23. The molecule has 0 aliphatic rings. The second kappa shape index (κ2) is 9.13. The molecule has 7 nitrogen and oxygen atoms in total. The van der Waals surface area contributed by atoms with Crippen LogP contribution < -0.4 is 4.74 Å². The lowest BCUT2D eigenvalue weighted by atomic mass is 10.2. The Kier molecular flexibility index (Phi) is 6.13. The number of hydrogen-bond acceptors (Lipinski definition) is 7. The van der Waals surface area contributed by atoms with Crippen molar-refractivity contribution >= 4 is 11.8 Å². The van der Waals surface area contributed by atoms with E-state index in [4.69, 9.17) is 9.26 Å². The molecule has 2 aromatic heterocycles. The highest BCUT2D eigenvalue weighted by Crippen LogP contribution is 2.36. The summed E-state index contributed by atoms with van der Waals surface area (Å²) in [6.45, 7) is 4.13. The molecule has 30 heavy (non-hydrogen) atoms. The second-order valence-corrected chi connectivity index (χ2v) is 8.07. The van der Waals surface area contributed by atoms with Crippen molar-refractivity contribution in [2.75, 3.05) is 7.11 Å². The second-order valence-electron chi connectivity index (χ2n) is 6.76. The van der Waals surface area contributed by atoms with Gasteiger partial charge in [-0.15, -0.1) is 10.2 Å². The van der Waals surface area contributed by atoms with Crippen molar-refractivity contribution < 1.29 is 9.26 Å². The summed E-state index contributed by atoms with van der Waals surface area (Å²) in [6.07, 6.45) is 1.79. The number of thioether (sulfide) groups is 1. The quantitative estimate of drug-likeness (QED) is 0.365. The number of para-hydroxylation sites is 1. The van der Waals surface area contributed by atoms with Gasteiger partial charge in [-0.3, -0.25) is 4.57 Å². The molecule has 0 unspecified atom stereocenters. The Labute approximate surface area is 179 Å². The van der Waals surface area contributed by atoms with Crippen LogP contribution in [0.25, 0.3) is 17.1 Å². The summed E-state index contributed by atoms with van der Waals surface area (Å²) < 4.78 is 12.8. The average molecular weight is 422 g/mol. The summed E-state index contributed by atoms with van der Waals surface area (Å²) in [5.41, 5.74) is 1.94. The van der Waals surface area contributed by atoms with Crippen LogP contribution in [0.2, 0.25) is 0 Å². The van der Waals surface area contributed by atoms with E-state index in [1.165, 1.54) is 0 Å². The lowest BCUT2D eigenvalue weighted by molar-refractivity contribution is 0.374. The van der Waals surface area contributed by atoms with Gasteiger partial charge in [-0.2, -0.15) is 4.98 Å². The Morgan fingerprint density at radius 1 is 1.07 bits per heavy atom. The van der Waals surface area contributed by atoms with Gasteiger partial charge in [-0.25, -0.2) is 0 Å². The normalized spacial score (nSPS) is 12.1. The maximum atomic E-state index is 5.46. The molecule has 4 aromatic rings. The third-order valence-corrected chi connectivity index (χ3v) is 5.61. The number of ether oxygens (including phenoxy) is 1. The summed E-state index contributed by atoms with van der Waals surface area (Å²) in [6, 6.07) is 17.9. The minimum absolute atomic E-state index is 0.0570. The molecular weight excluding hydrogens is 398 g/mol. The molecule has 154 valence electrons. The fourth-order valence-electron chi connectivity index (χ4n) is 3.05. The lowest BCUT2D eigenvalue weighted by Gasteiger charge is -2.12. The van der Waals surface area contributed by atoms with Crippen LogP contribution in [-0.2, 0) is 6.42 Å². The zero-order valence-electron chi connectivity index (χ0n) is 17.1. The van der Waals surface area contributed by atoms with Gasteiger partial charge in [-0.1, -0.05) is 42.0 Å². The first-order valence-electron chi connectivity index (χ1n) is 9.84. The van der Waals surface area contributed by atoms with Gasteiger partial charge in [0.2, 0.25) is 5.89 Å². The van der Waals surface area contributed by atoms with E-state index in [0.29, 0.717) is 5.89 Å². The average Bonchev–Trinajstić information content (AvgIpc) is 3.42. The summed E-state index contributed by atoms with van der Waals surface area (Å²) >= 11 is 1.54. The first-order valence-corrected chi connectivity index (χ1v) is 10.7. The van der Waals surface area contributed by atoms with Gasteiger partial charge in [0.1, 0.15) is 5.75 Å². The van der Waals surface area contributed by atoms with E-state index in [-0.39, 0.29) is 5.25 Å². The summed E-state index contributed by atoms with van der Waals surface area (Å²) in [5, 5.41) is 13.7. The fourth-order valence-corrected chi connectivity index (χ4v) is 3.95. The molecule has 0 saturated carbocycles. The molecule has 2 heterocycles.